The standard InChI is InChI=1S/C20H30N2O3/c1-15-5-3-4-6-17(15)19-18-13-20(7-11-23,8-12-24)14-21(18)9-10-22(19)16(2)25/h3-6,18-19,23-24H,7-14H2,1-2H3. The zero-order valence-corrected chi connectivity index (χ0v) is 15.3. The van der Waals surface area contributed by atoms with Crippen molar-refractivity contribution in [3.63, 3.8) is 0 Å². The minimum atomic E-state index is -0.0537. The molecule has 5 heteroatoms. The van der Waals surface area contributed by atoms with E-state index >= 15 is 0 Å². The van der Waals surface area contributed by atoms with Gasteiger partial charge in [0.15, 0.2) is 0 Å². The molecule has 0 spiro atoms. The SMILES string of the molecule is CC(=O)N1CCN2CC(CCO)(CCO)CC2C1c1ccccc1C. The van der Waals surface area contributed by atoms with Gasteiger partial charge in [0.25, 0.3) is 0 Å². The van der Waals surface area contributed by atoms with E-state index < -0.39 is 0 Å². The summed E-state index contributed by atoms with van der Waals surface area (Å²) in [6.07, 6.45) is 2.33. The summed E-state index contributed by atoms with van der Waals surface area (Å²) in [4.78, 5) is 16.8. The molecule has 2 heterocycles. The lowest BCUT2D eigenvalue weighted by Crippen LogP contribution is -2.53. The van der Waals surface area contributed by atoms with Gasteiger partial charge in [0.2, 0.25) is 5.91 Å². The average molecular weight is 346 g/mol. The third kappa shape index (κ3) is 3.46. The molecule has 138 valence electrons. The van der Waals surface area contributed by atoms with Gasteiger partial charge in [-0.25, -0.2) is 0 Å². The molecule has 0 saturated carbocycles. The Morgan fingerprint density at radius 2 is 1.88 bits per heavy atom. The highest BCUT2D eigenvalue weighted by atomic mass is 16.3. The van der Waals surface area contributed by atoms with Gasteiger partial charge in [-0.1, -0.05) is 24.3 Å². The summed E-state index contributed by atoms with van der Waals surface area (Å²) in [7, 11) is 0. The second-order valence-corrected chi connectivity index (χ2v) is 7.70. The monoisotopic (exact) mass is 346 g/mol. The predicted molar refractivity (Wildman–Crippen MR) is 97.1 cm³/mol. The van der Waals surface area contributed by atoms with E-state index in [4.69, 9.17) is 0 Å². The maximum atomic E-state index is 12.3. The van der Waals surface area contributed by atoms with Crippen molar-refractivity contribution in [2.45, 2.75) is 45.2 Å². The molecule has 2 fully saturated rings. The minimum absolute atomic E-state index is 0.0479. The van der Waals surface area contributed by atoms with E-state index in [1.165, 1.54) is 11.1 Å². The van der Waals surface area contributed by atoms with E-state index in [0.29, 0.717) is 12.8 Å². The van der Waals surface area contributed by atoms with E-state index in [-0.39, 0.29) is 36.6 Å². The van der Waals surface area contributed by atoms with Crippen LogP contribution in [0.4, 0.5) is 0 Å². The zero-order chi connectivity index (χ0) is 18.0. The Morgan fingerprint density at radius 1 is 1.20 bits per heavy atom. The highest BCUT2D eigenvalue weighted by Crippen LogP contribution is 2.48. The van der Waals surface area contributed by atoms with E-state index in [2.05, 4.69) is 24.0 Å². The summed E-state index contributed by atoms with van der Waals surface area (Å²) in [5.74, 6) is 0.120. The van der Waals surface area contributed by atoms with Gasteiger partial charge in [-0.05, 0) is 42.7 Å². The van der Waals surface area contributed by atoms with E-state index in [9.17, 15) is 15.0 Å². The van der Waals surface area contributed by atoms with Crippen molar-refractivity contribution in [2.24, 2.45) is 5.41 Å². The Kier molecular flexibility index (Phi) is 5.46. The topological polar surface area (TPSA) is 64.0 Å². The second kappa shape index (κ2) is 7.44. The van der Waals surface area contributed by atoms with Crippen LogP contribution in [0.15, 0.2) is 24.3 Å². The number of rotatable bonds is 5. The number of fused-ring (bicyclic) bond motifs is 1. The first-order valence-corrected chi connectivity index (χ1v) is 9.30. The number of nitrogens with zero attached hydrogens (tertiary/aromatic N) is 2. The Bertz CT molecular complexity index is 613. The molecule has 1 aromatic rings. The van der Waals surface area contributed by atoms with Crippen LogP contribution >= 0.6 is 0 Å². The number of aliphatic hydroxyl groups excluding tert-OH is 2. The van der Waals surface area contributed by atoms with Crippen molar-refractivity contribution in [3.8, 4) is 0 Å². The number of piperazine rings is 1. The molecule has 2 aliphatic rings. The van der Waals surface area contributed by atoms with Gasteiger partial charge in [-0.2, -0.15) is 0 Å². The summed E-state index contributed by atoms with van der Waals surface area (Å²) >= 11 is 0. The maximum Gasteiger partial charge on any atom is 0.220 e. The molecule has 2 saturated heterocycles. The highest BCUT2D eigenvalue weighted by molar-refractivity contribution is 5.74. The van der Waals surface area contributed by atoms with Crippen LogP contribution in [0.1, 0.15) is 43.4 Å². The molecular weight excluding hydrogens is 316 g/mol. The minimum Gasteiger partial charge on any atom is -0.396 e. The molecule has 2 aliphatic heterocycles. The smallest absolute Gasteiger partial charge is 0.220 e. The lowest BCUT2D eigenvalue weighted by molar-refractivity contribution is -0.135. The fourth-order valence-electron chi connectivity index (χ4n) is 4.93. The van der Waals surface area contributed by atoms with Crippen molar-refractivity contribution in [2.75, 3.05) is 32.8 Å². The lowest BCUT2D eigenvalue weighted by Gasteiger charge is -2.45. The number of hydrogen-bond donors (Lipinski definition) is 2. The number of amides is 1. The van der Waals surface area contributed by atoms with Crippen LogP contribution in [0.5, 0.6) is 0 Å². The summed E-state index contributed by atoms with van der Waals surface area (Å²) < 4.78 is 0. The molecule has 0 aromatic heterocycles. The average Bonchev–Trinajstić information content (AvgIpc) is 2.93. The van der Waals surface area contributed by atoms with Crippen LogP contribution in [0.25, 0.3) is 0 Å². The molecule has 0 aliphatic carbocycles. The normalized spacial score (nSPS) is 25.8. The van der Waals surface area contributed by atoms with Crippen LogP contribution in [0.3, 0.4) is 0 Å². The summed E-state index contributed by atoms with van der Waals surface area (Å²) in [5.41, 5.74) is 2.38. The molecule has 0 radical (unpaired) electrons. The fraction of sp³-hybridized carbons (Fsp3) is 0.650. The molecule has 2 atom stereocenters. The number of aryl methyl sites for hydroxylation is 1. The Hall–Kier alpha value is -1.43. The summed E-state index contributed by atoms with van der Waals surface area (Å²) in [6.45, 7) is 6.55. The van der Waals surface area contributed by atoms with Crippen LogP contribution in [-0.4, -0.2) is 64.8 Å². The number of hydrogen-bond acceptors (Lipinski definition) is 4. The van der Waals surface area contributed by atoms with E-state index in [0.717, 1.165) is 26.1 Å². The van der Waals surface area contributed by atoms with Crippen molar-refractivity contribution in [1.29, 1.82) is 0 Å². The van der Waals surface area contributed by atoms with Crippen molar-refractivity contribution in [1.82, 2.24) is 9.80 Å². The van der Waals surface area contributed by atoms with Crippen LogP contribution in [-0.2, 0) is 4.79 Å². The maximum absolute atomic E-state index is 12.3. The van der Waals surface area contributed by atoms with Gasteiger partial charge < -0.3 is 15.1 Å². The molecule has 2 N–H and O–H groups in total. The predicted octanol–water partition coefficient (Wildman–Crippen LogP) is 1.72. The quantitative estimate of drug-likeness (QED) is 0.852. The van der Waals surface area contributed by atoms with Gasteiger partial charge >= 0.3 is 0 Å². The van der Waals surface area contributed by atoms with Crippen LogP contribution in [0.2, 0.25) is 0 Å². The van der Waals surface area contributed by atoms with Crippen molar-refractivity contribution < 1.29 is 15.0 Å². The van der Waals surface area contributed by atoms with E-state index in [1.807, 2.05) is 17.0 Å². The van der Waals surface area contributed by atoms with Gasteiger partial charge in [0, 0.05) is 45.8 Å². The first-order chi connectivity index (χ1) is 12.0. The van der Waals surface area contributed by atoms with Gasteiger partial charge in [-0.3, -0.25) is 9.69 Å². The molecule has 5 nitrogen and oxygen atoms in total. The van der Waals surface area contributed by atoms with Crippen molar-refractivity contribution in [3.05, 3.63) is 35.4 Å². The Balaban J connectivity index is 1.97. The summed E-state index contributed by atoms with van der Waals surface area (Å²) in [5, 5.41) is 19.1. The lowest BCUT2D eigenvalue weighted by atomic mass is 9.77. The largest absolute Gasteiger partial charge is 0.396 e. The summed E-state index contributed by atoms with van der Waals surface area (Å²) in [6, 6.07) is 8.62. The Morgan fingerprint density at radius 3 is 2.48 bits per heavy atom. The number of carbonyl (C=O) groups excluding carboxylic acids is 1. The molecule has 1 amide bonds. The number of benzene rings is 1. The fourth-order valence-corrected chi connectivity index (χ4v) is 4.93. The number of carbonyl (C=O) groups is 1. The molecule has 3 rings (SSSR count). The first kappa shape index (κ1) is 18.4. The van der Waals surface area contributed by atoms with Crippen molar-refractivity contribution >= 4 is 5.91 Å². The molecule has 0 bridgehead atoms. The van der Waals surface area contributed by atoms with Gasteiger partial charge in [0.1, 0.15) is 0 Å². The zero-order valence-electron chi connectivity index (χ0n) is 15.3. The van der Waals surface area contributed by atoms with Crippen LogP contribution < -0.4 is 0 Å². The second-order valence-electron chi connectivity index (χ2n) is 7.70. The van der Waals surface area contributed by atoms with Gasteiger partial charge in [0.05, 0.1) is 6.04 Å². The van der Waals surface area contributed by atoms with Crippen LogP contribution in [0, 0.1) is 12.3 Å². The highest BCUT2D eigenvalue weighted by Gasteiger charge is 2.50. The Labute approximate surface area is 150 Å². The van der Waals surface area contributed by atoms with Gasteiger partial charge in [-0.15, -0.1) is 0 Å². The number of aliphatic hydroxyl groups is 2. The molecule has 25 heavy (non-hydrogen) atoms. The first-order valence-electron chi connectivity index (χ1n) is 9.30. The molecule has 2 unspecified atom stereocenters. The third-order valence-corrected chi connectivity index (χ3v) is 6.17. The van der Waals surface area contributed by atoms with E-state index in [1.54, 1.807) is 6.92 Å². The third-order valence-electron chi connectivity index (χ3n) is 6.17. The molecular formula is C20H30N2O3. The molecule has 1 aromatic carbocycles.